The van der Waals surface area contributed by atoms with E-state index in [-0.39, 0.29) is 0 Å². The third-order valence-corrected chi connectivity index (χ3v) is 8.04. The first-order chi connectivity index (χ1) is 12.8. The second-order valence-electron chi connectivity index (χ2n) is 7.54. The van der Waals surface area contributed by atoms with Crippen LogP contribution >= 0.6 is 22.7 Å². The van der Waals surface area contributed by atoms with Crippen LogP contribution in [0.5, 0.6) is 0 Å². The topological polar surface area (TPSA) is 23.8 Å². The lowest BCUT2D eigenvalue weighted by atomic mass is 9.77. The Morgan fingerprint density at radius 2 is 1.73 bits per heavy atom. The highest BCUT2D eigenvalue weighted by Crippen LogP contribution is 2.40. The van der Waals surface area contributed by atoms with Crippen molar-refractivity contribution in [3.8, 4) is 16.5 Å². The van der Waals surface area contributed by atoms with E-state index >= 15 is 0 Å². The summed E-state index contributed by atoms with van der Waals surface area (Å²) in [5, 5.41) is 9.02. The number of thiophene rings is 2. The van der Waals surface area contributed by atoms with Gasteiger partial charge in [0, 0.05) is 14.3 Å². The van der Waals surface area contributed by atoms with Crippen molar-refractivity contribution in [3.05, 3.63) is 46.8 Å². The number of unbranched alkanes of at least 4 members (excludes halogenated alkanes) is 1. The molecule has 0 radical (unpaired) electrons. The fourth-order valence-corrected chi connectivity index (χ4v) is 6.43. The predicted octanol–water partition coefficient (Wildman–Crippen LogP) is 7.97. The van der Waals surface area contributed by atoms with E-state index in [0.29, 0.717) is 0 Å². The van der Waals surface area contributed by atoms with E-state index in [1.54, 1.807) is 22.7 Å². The van der Waals surface area contributed by atoms with Crippen LogP contribution in [-0.4, -0.2) is 0 Å². The molecule has 4 rings (SSSR count). The van der Waals surface area contributed by atoms with Gasteiger partial charge in [0.05, 0.1) is 0 Å². The monoisotopic (exact) mass is 379 g/mol. The van der Waals surface area contributed by atoms with Crippen molar-refractivity contribution in [1.82, 2.24) is 0 Å². The van der Waals surface area contributed by atoms with Crippen LogP contribution in [0.4, 0.5) is 0 Å². The first-order valence-electron chi connectivity index (χ1n) is 9.80. The molecule has 26 heavy (non-hydrogen) atoms. The zero-order valence-corrected chi connectivity index (χ0v) is 17.0. The molecule has 1 aromatic carbocycles. The summed E-state index contributed by atoms with van der Waals surface area (Å²) < 4.78 is 2.46. The Bertz CT molecular complexity index is 870. The second-order valence-corrected chi connectivity index (χ2v) is 9.71. The predicted molar refractivity (Wildman–Crippen MR) is 114 cm³/mol. The van der Waals surface area contributed by atoms with Crippen LogP contribution < -0.4 is 0 Å². The second kappa shape index (κ2) is 7.94. The van der Waals surface area contributed by atoms with Gasteiger partial charge in [-0.2, -0.15) is 5.26 Å². The summed E-state index contributed by atoms with van der Waals surface area (Å²) in [4.78, 5) is 2.12. The van der Waals surface area contributed by atoms with Crippen molar-refractivity contribution in [2.24, 2.45) is 5.92 Å². The lowest BCUT2D eigenvalue weighted by Gasteiger charge is -2.28. The molecule has 0 amide bonds. The highest BCUT2D eigenvalue weighted by atomic mass is 32.1. The maximum Gasteiger partial charge on any atom is 0.110 e. The standard InChI is InChI=1S/C23H25NS2/c1-2-3-4-16-5-7-17(8-6-16)18-9-11-19(12-10-18)21-14-23-22(26-21)13-20(15-24)25-23/h9-14,16-17H,2-8H2,1H3/t16-,17-. The molecule has 0 N–H and O–H groups in total. The number of nitriles is 1. The van der Waals surface area contributed by atoms with Crippen molar-refractivity contribution in [1.29, 1.82) is 5.26 Å². The summed E-state index contributed by atoms with van der Waals surface area (Å²) in [6, 6.07) is 15.8. The molecule has 1 fully saturated rings. The van der Waals surface area contributed by atoms with Gasteiger partial charge in [-0.05, 0) is 60.8 Å². The Hall–Kier alpha value is -1.63. The molecule has 2 aromatic heterocycles. The van der Waals surface area contributed by atoms with Gasteiger partial charge in [0.1, 0.15) is 10.9 Å². The van der Waals surface area contributed by atoms with Gasteiger partial charge < -0.3 is 0 Å². The normalized spacial score (nSPS) is 20.3. The van der Waals surface area contributed by atoms with Crippen molar-refractivity contribution >= 4 is 32.1 Å². The number of hydrogen-bond donors (Lipinski definition) is 0. The molecule has 0 atom stereocenters. The van der Waals surface area contributed by atoms with Crippen molar-refractivity contribution in [2.45, 2.75) is 57.8 Å². The van der Waals surface area contributed by atoms with Gasteiger partial charge in [0.25, 0.3) is 0 Å². The van der Waals surface area contributed by atoms with Crippen molar-refractivity contribution in [3.63, 3.8) is 0 Å². The Morgan fingerprint density at radius 1 is 1.00 bits per heavy atom. The highest BCUT2D eigenvalue weighted by Gasteiger charge is 2.22. The van der Waals surface area contributed by atoms with E-state index in [1.807, 2.05) is 6.07 Å². The van der Waals surface area contributed by atoms with Gasteiger partial charge in [0.2, 0.25) is 0 Å². The van der Waals surface area contributed by atoms with Gasteiger partial charge in [-0.3, -0.25) is 0 Å². The molecular weight excluding hydrogens is 354 g/mol. The molecule has 1 aliphatic rings. The minimum absolute atomic E-state index is 0.756. The quantitative estimate of drug-likeness (QED) is 0.441. The van der Waals surface area contributed by atoms with Crippen LogP contribution in [0.25, 0.3) is 19.8 Å². The first-order valence-corrected chi connectivity index (χ1v) is 11.4. The van der Waals surface area contributed by atoms with Crippen LogP contribution in [0.2, 0.25) is 0 Å². The lowest BCUT2D eigenvalue weighted by molar-refractivity contribution is 0.304. The van der Waals surface area contributed by atoms with Gasteiger partial charge in [-0.15, -0.1) is 22.7 Å². The zero-order valence-electron chi connectivity index (χ0n) is 15.3. The maximum absolute atomic E-state index is 9.02. The Kier molecular flexibility index (Phi) is 5.43. The maximum atomic E-state index is 9.02. The fourth-order valence-electron chi connectivity index (χ4n) is 4.23. The van der Waals surface area contributed by atoms with E-state index in [4.69, 9.17) is 5.26 Å². The van der Waals surface area contributed by atoms with E-state index in [1.165, 1.54) is 70.3 Å². The molecule has 1 aliphatic carbocycles. The fraction of sp³-hybridized carbons (Fsp3) is 0.435. The summed E-state index contributed by atoms with van der Waals surface area (Å²) in [6.45, 7) is 2.30. The summed E-state index contributed by atoms with van der Waals surface area (Å²) >= 11 is 3.39. The number of rotatable bonds is 5. The van der Waals surface area contributed by atoms with Gasteiger partial charge >= 0.3 is 0 Å². The third kappa shape index (κ3) is 3.72. The minimum Gasteiger partial charge on any atom is -0.192 e. The van der Waals surface area contributed by atoms with Crippen LogP contribution in [0.3, 0.4) is 0 Å². The molecule has 0 aliphatic heterocycles. The van der Waals surface area contributed by atoms with Crippen LogP contribution in [0.1, 0.15) is 68.2 Å². The van der Waals surface area contributed by atoms with Crippen molar-refractivity contribution in [2.75, 3.05) is 0 Å². The number of nitrogens with zero attached hydrogens (tertiary/aromatic N) is 1. The Labute approximate surface area is 164 Å². The van der Waals surface area contributed by atoms with E-state index < -0.39 is 0 Å². The molecule has 0 saturated heterocycles. The molecule has 1 saturated carbocycles. The third-order valence-electron chi connectivity index (χ3n) is 5.80. The number of benzene rings is 1. The molecule has 0 bridgehead atoms. The van der Waals surface area contributed by atoms with Gasteiger partial charge in [-0.1, -0.05) is 50.5 Å². The molecule has 0 spiro atoms. The Balaban J connectivity index is 1.43. The molecule has 134 valence electrons. The SMILES string of the molecule is CCCC[C@H]1CC[C@H](c2ccc(-c3cc4sc(C#N)cc4s3)cc2)CC1. The minimum atomic E-state index is 0.756. The van der Waals surface area contributed by atoms with Crippen molar-refractivity contribution < 1.29 is 0 Å². The van der Waals surface area contributed by atoms with Gasteiger partial charge in [-0.25, -0.2) is 0 Å². The van der Waals surface area contributed by atoms with Gasteiger partial charge in [0.15, 0.2) is 0 Å². The first kappa shape index (κ1) is 17.8. The van der Waals surface area contributed by atoms with Crippen LogP contribution in [0.15, 0.2) is 36.4 Å². The highest BCUT2D eigenvalue weighted by molar-refractivity contribution is 7.29. The summed E-state index contributed by atoms with van der Waals surface area (Å²) in [5.41, 5.74) is 2.82. The summed E-state index contributed by atoms with van der Waals surface area (Å²) in [5.74, 6) is 1.73. The molecule has 1 nitrogen and oxygen atoms in total. The zero-order chi connectivity index (χ0) is 17.9. The van der Waals surface area contributed by atoms with Crippen LogP contribution in [-0.2, 0) is 0 Å². The molecule has 2 heterocycles. The van der Waals surface area contributed by atoms with E-state index in [2.05, 4.69) is 43.3 Å². The number of hydrogen-bond acceptors (Lipinski definition) is 3. The van der Waals surface area contributed by atoms with Crippen LogP contribution in [0, 0.1) is 17.2 Å². The largest absolute Gasteiger partial charge is 0.192 e. The van der Waals surface area contributed by atoms with E-state index in [0.717, 1.165) is 16.7 Å². The van der Waals surface area contributed by atoms with E-state index in [9.17, 15) is 0 Å². The average molecular weight is 380 g/mol. The number of fused-ring (bicyclic) bond motifs is 1. The Morgan fingerprint density at radius 3 is 2.38 bits per heavy atom. The smallest absolute Gasteiger partial charge is 0.110 e. The lowest BCUT2D eigenvalue weighted by Crippen LogP contribution is -2.13. The summed E-state index contributed by atoms with van der Waals surface area (Å²) in [7, 11) is 0. The molecule has 3 aromatic rings. The molecular formula is C23H25NS2. The summed E-state index contributed by atoms with van der Waals surface area (Å²) in [6.07, 6.45) is 9.71. The molecule has 3 heteroatoms. The average Bonchev–Trinajstić information content (AvgIpc) is 3.26. The molecule has 0 unspecified atom stereocenters.